The molecule has 7 rings (SSSR count). The lowest BCUT2D eigenvalue weighted by atomic mass is 10.1. The van der Waals surface area contributed by atoms with Crippen molar-refractivity contribution in [1.82, 2.24) is 9.97 Å². The fraction of sp³-hybridized carbons (Fsp3) is 0. The van der Waals surface area contributed by atoms with Crippen molar-refractivity contribution in [1.29, 1.82) is 0 Å². The minimum Gasteiger partial charge on any atom is -0.436 e. The molecule has 0 spiro atoms. The van der Waals surface area contributed by atoms with Gasteiger partial charge in [0.2, 0.25) is 11.8 Å². The molecule has 0 atom stereocenters. The predicted octanol–water partition coefficient (Wildman–Crippen LogP) is 10.1. The SMILES string of the molecule is Clc1cc(Cl)cc(N(c2ccc3oc(-c4ccccc4)nc3c2)c2ccc3nc(-c4ccccc4)oc3c2)c1. The van der Waals surface area contributed by atoms with Crippen molar-refractivity contribution >= 4 is 62.5 Å². The topological polar surface area (TPSA) is 55.3 Å². The van der Waals surface area contributed by atoms with Gasteiger partial charge in [-0.25, -0.2) is 9.97 Å². The second kappa shape index (κ2) is 9.62. The number of hydrogen-bond donors (Lipinski definition) is 0. The molecule has 0 radical (unpaired) electrons. The number of halogens is 2. The Morgan fingerprint density at radius 2 is 1.05 bits per heavy atom. The van der Waals surface area contributed by atoms with Gasteiger partial charge < -0.3 is 13.7 Å². The van der Waals surface area contributed by atoms with Crippen molar-refractivity contribution in [2.45, 2.75) is 0 Å². The Kier molecular flexibility index (Phi) is 5.81. The molecule has 5 aromatic carbocycles. The van der Waals surface area contributed by atoms with Crippen molar-refractivity contribution in [3.63, 3.8) is 0 Å². The van der Waals surface area contributed by atoms with Gasteiger partial charge >= 0.3 is 0 Å². The van der Waals surface area contributed by atoms with Crippen LogP contribution in [0.2, 0.25) is 10.0 Å². The Balaban J connectivity index is 1.37. The second-order valence-electron chi connectivity index (χ2n) is 9.04. The van der Waals surface area contributed by atoms with Gasteiger partial charge in [0.15, 0.2) is 11.2 Å². The number of hydrogen-bond acceptors (Lipinski definition) is 5. The third kappa shape index (κ3) is 4.52. The number of anilines is 3. The molecule has 0 unspecified atom stereocenters. The normalized spacial score (nSPS) is 11.3. The first-order valence-electron chi connectivity index (χ1n) is 12.3. The van der Waals surface area contributed by atoms with E-state index >= 15 is 0 Å². The first-order chi connectivity index (χ1) is 19.1. The monoisotopic (exact) mass is 547 g/mol. The number of fused-ring (bicyclic) bond motifs is 2. The highest BCUT2D eigenvalue weighted by Gasteiger charge is 2.18. The van der Waals surface area contributed by atoms with E-state index in [2.05, 4.69) is 9.88 Å². The fourth-order valence-corrected chi connectivity index (χ4v) is 5.15. The number of rotatable bonds is 5. The van der Waals surface area contributed by atoms with Crippen LogP contribution in [0.25, 0.3) is 45.1 Å². The van der Waals surface area contributed by atoms with Crippen LogP contribution in [-0.4, -0.2) is 9.97 Å². The van der Waals surface area contributed by atoms with Gasteiger partial charge in [-0.05, 0) is 72.8 Å². The van der Waals surface area contributed by atoms with Crippen LogP contribution in [-0.2, 0) is 0 Å². The average molecular weight is 548 g/mol. The molecule has 7 aromatic rings. The Morgan fingerprint density at radius 1 is 0.487 bits per heavy atom. The molecule has 0 saturated heterocycles. The summed E-state index contributed by atoms with van der Waals surface area (Å²) in [4.78, 5) is 11.5. The van der Waals surface area contributed by atoms with E-state index in [1.165, 1.54) is 0 Å². The van der Waals surface area contributed by atoms with E-state index in [0.29, 0.717) is 33.0 Å². The van der Waals surface area contributed by atoms with Crippen LogP contribution in [0.5, 0.6) is 0 Å². The maximum absolute atomic E-state index is 6.43. The van der Waals surface area contributed by atoms with Gasteiger partial charge in [0, 0.05) is 44.3 Å². The van der Waals surface area contributed by atoms with Crippen LogP contribution < -0.4 is 4.90 Å². The molecule has 2 heterocycles. The summed E-state index contributed by atoms with van der Waals surface area (Å²) < 4.78 is 12.2. The molecule has 0 bridgehead atoms. The lowest BCUT2D eigenvalue weighted by Gasteiger charge is -2.25. The van der Waals surface area contributed by atoms with E-state index in [1.54, 1.807) is 6.07 Å². The average Bonchev–Trinajstić information content (AvgIpc) is 3.58. The summed E-state index contributed by atoms with van der Waals surface area (Å²) in [7, 11) is 0. The smallest absolute Gasteiger partial charge is 0.227 e. The minimum absolute atomic E-state index is 0.531. The van der Waals surface area contributed by atoms with Crippen molar-refractivity contribution in [2.75, 3.05) is 4.90 Å². The first kappa shape index (κ1) is 23.5. The number of nitrogens with zero attached hydrogens (tertiary/aromatic N) is 3. The van der Waals surface area contributed by atoms with Gasteiger partial charge in [-0.15, -0.1) is 0 Å². The van der Waals surface area contributed by atoms with Crippen LogP contribution in [0.3, 0.4) is 0 Å². The van der Waals surface area contributed by atoms with E-state index in [0.717, 1.165) is 39.2 Å². The molecule has 7 heteroatoms. The Labute approximate surface area is 233 Å². The van der Waals surface area contributed by atoms with Crippen LogP contribution in [0.1, 0.15) is 0 Å². The molecular formula is C32H19Cl2N3O2. The summed E-state index contributed by atoms with van der Waals surface area (Å²) >= 11 is 12.9. The Bertz CT molecular complexity index is 1810. The number of oxazole rings is 2. The minimum atomic E-state index is 0.531. The zero-order valence-electron chi connectivity index (χ0n) is 20.4. The quantitative estimate of drug-likeness (QED) is 0.214. The molecule has 0 aliphatic rings. The van der Waals surface area contributed by atoms with Crippen LogP contribution >= 0.6 is 23.2 Å². The zero-order chi connectivity index (χ0) is 26.3. The molecule has 39 heavy (non-hydrogen) atoms. The third-order valence-electron chi connectivity index (χ3n) is 6.41. The number of aromatic nitrogens is 2. The highest BCUT2D eigenvalue weighted by Crippen LogP contribution is 2.40. The van der Waals surface area contributed by atoms with Gasteiger partial charge in [-0.2, -0.15) is 0 Å². The second-order valence-corrected chi connectivity index (χ2v) is 9.91. The van der Waals surface area contributed by atoms with E-state index in [9.17, 15) is 0 Å². The molecule has 5 nitrogen and oxygen atoms in total. The van der Waals surface area contributed by atoms with Crippen molar-refractivity contribution in [2.24, 2.45) is 0 Å². The van der Waals surface area contributed by atoms with Crippen molar-refractivity contribution in [3.8, 4) is 22.9 Å². The molecule has 0 fully saturated rings. The summed E-state index contributed by atoms with van der Waals surface area (Å²) in [6.07, 6.45) is 0. The Morgan fingerprint density at radius 3 is 1.72 bits per heavy atom. The first-order valence-corrected chi connectivity index (χ1v) is 13.0. The molecule has 0 aliphatic heterocycles. The van der Waals surface area contributed by atoms with Gasteiger partial charge in [0.25, 0.3) is 0 Å². The summed E-state index contributed by atoms with van der Waals surface area (Å²) in [6, 6.07) is 36.9. The Hall–Kier alpha value is -4.58. The van der Waals surface area contributed by atoms with Crippen molar-refractivity contribution < 1.29 is 8.83 Å². The number of benzene rings is 5. The summed E-state index contributed by atoms with van der Waals surface area (Å²) in [5, 5.41) is 1.06. The van der Waals surface area contributed by atoms with Crippen molar-refractivity contribution in [3.05, 3.63) is 125 Å². The standard InChI is InChI=1S/C32H19Cl2N3O2/c33-22-15-23(34)17-26(16-22)37(24-12-14-29-28(18-24)36-32(38-29)21-9-5-2-6-10-21)25-11-13-27-30(19-25)39-31(35-27)20-7-3-1-4-8-20/h1-19H. The van der Waals surface area contributed by atoms with E-state index in [4.69, 9.17) is 37.0 Å². The largest absolute Gasteiger partial charge is 0.436 e. The van der Waals surface area contributed by atoms with Gasteiger partial charge in [-0.3, -0.25) is 0 Å². The highest BCUT2D eigenvalue weighted by molar-refractivity contribution is 6.35. The van der Waals surface area contributed by atoms with E-state index < -0.39 is 0 Å². The maximum Gasteiger partial charge on any atom is 0.227 e. The molecule has 0 N–H and O–H groups in total. The van der Waals surface area contributed by atoms with Crippen LogP contribution in [0, 0.1) is 0 Å². The molecule has 0 aliphatic carbocycles. The molecule has 188 valence electrons. The van der Waals surface area contributed by atoms with Gasteiger partial charge in [-0.1, -0.05) is 59.6 Å². The third-order valence-corrected chi connectivity index (χ3v) is 6.84. The predicted molar refractivity (Wildman–Crippen MR) is 157 cm³/mol. The maximum atomic E-state index is 6.43. The van der Waals surface area contributed by atoms with Crippen LogP contribution in [0.15, 0.2) is 124 Å². The summed E-state index contributed by atoms with van der Waals surface area (Å²) in [5.41, 5.74) is 7.19. The van der Waals surface area contributed by atoms with Gasteiger partial charge in [0.1, 0.15) is 11.0 Å². The summed E-state index contributed by atoms with van der Waals surface area (Å²) in [6.45, 7) is 0. The zero-order valence-corrected chi connectivity index (χ0v) is 21.9. The molecule has 2 aromatic heterocycles. The molecular weight excluding hydrogens is 529 g/mol. The summed E-state index contributed by atoms with van der Waals surface area (Å²) in [5.74, 6) is 1.13. The van der Waals surface area contributed by atoms with E-state index in [1.807, 2.05) is 109 Å². The molecule has 0 amide bonds. The van der Waals surface area contributed by atoms with E-state index in [-0.39, 0.29) is 0 Å². The van der Waals surface area contributed by atoms with Crippen LogP contribution in [0.4, 0.5) is 17.1 Å². The molecule has 0 saturated carbocycles. The highest BCUT2D eigenvalue weighted by atomic mass is 35.5. The fourth-order valence-electron chi connectivity index (χ4n) is 4.63. The van der Waals surface area contributed by atoms with Gasteiger partial charge in [0.05, 0.1) is 0 Å². The lowest BCUT2D eigenvalue weighted by molar-refractivity contribution is 0.619. The lowest BCUT2D eigenvalue weighted by Crippen LogP contribution is -2.10.